The smallest absolute Gasteiger partial charge is 0.354 e. The Hall–Kier alpha value is -4.19. The lowest BCUT2D eigenvalue weighted by atomic mass is 10.1. The number of aromatic nitrogens is 3. The summed E-state index contributed by atoms with van der Waals surface area (Å²) >= 11 is 0. The first kappa shape index (κ1) is 29.8. The van der Waals surface area contributed by atoms with Gasteiger partial charge in [-0.3, -0.25) is 9.56 Å². The van der Waals surface area contributed by atoms with Crippen molar-refractivity contribution in [3.63, 3.8) is 0 Å². The predicted molar refractivity (Wildman–Crippen MR) is 166 cm³/mol. The van der Waals surface area contributed by atoms with E-state index in [0.717, 1.165) is 72.7 Å². The molecule has 0 spiro atoms. The number of H-pyrrole nitrogens is 1. The molecule has 4 rings (SSSR count). The molecule has 11 heteroatoms. The van der Waals surface area contributed by atoms with Crippen LogP contribution in [0.5, 0.6) is 5.75 Å². The van der Waals surface area contributed by atoms with E-state index in [9.17, 15) is 4.79 Å². The Labute approximate surface area is 240 Å². The van der Waals surface area contributed by atoms with Crippen LogP contribution < -0.4 is 32.5 Å². The van der Waals surface area contributed by atoms with Crippen LogP contribution in [0.25, 0.3) is 28.0 Å². The van der Waals surface area contributed by atoms with Crippen molar-refractivity contribution in [3.8, 4) is 22.7 Å². The van der Waals surface area contributed by atoms with E-state index >= 15 is 0 Å². The number of likely N-dealkylation sites (N-methyl/N-ethyl adjacent to an activating group) is 2. The molecule has 11 nitrogen and oxygen atoms in total. The Morgan fingerprint density at radius 2 is 1.93 bits per heavy atom. The average Bonchev–Trinajstić information content (AvgIpc) is 3.39. The van der Waals surface area contributed by atoms with E-state index in [4.69, 9.17) is 16.2 Å². The molecule has 218 valence electrons. The maximum absolute atomic E-state index is 12.9. The molecule has 0 amide bonds. The van der Waals surface area contributed by atoms with E-state index in [-0.39, 0.29) is 11.6 Å². The number of aromatic amines is 1. The number of rotatable bonds is 16. The SMILES string of the molecule is CNCCN(C)CCCOc1cccc(-c2cc3cn(-c4ccc(CNCCCN=C(N)N)cc4)c(=O)nc3[nH]2)c1. The molecular formula is C30H41N9O2. The van der Waals surface area contributed by atoms with Crippen molar-refractivity contribution in [2.75, 3.05) is 53.4 Å². The van der Waals surface area contributed by atoms with Crippen LogP contribution in [-0.4, -0.2) is 78.8 Å². The highest BCUT2D eigenvalue weighted by Gasteiger charge is 2.10. The zero-order chi connectivity index (χ0) is 29.0. The minimum atomic E-state index is -0.340. The predicted octanol–water partition coefficient (Wildman–Crippen LogP) is 2.05. The van der Waals surface area contributed by atoms with Crippen molar-refractivity contribution < 1.29 is 4.74 Å². The van der Waals surface area contributed by atoms with Gasteiger partial charge in [0.25, 0.3) is 0 Å². The van der Waals surface area contributed by atoms with Gasteiger partial charge in [-0.05, 0) is 69.4 Å². The first-order valence-electron chi connectivity index (χ1n) is 14.0. The second-order valence-electron chi connectivity index (χ2n) is 10.0. The molecular weight excluding hydrogens is 518 g/mol. The van der Waals surface area contributed by atoms with Gasteiger partial charge in [0.05, 0.1) is 12.3 Å². The maximum Gasteiger partial charge on any atom is 0.354 e. The lowest BCUT2D eigenvalue weighted by Gasteiger charge is -2.16. The van der Waals surface area contributed by atoms with Crippen molar-refractivity contribution in [3.05, 3.63) is 76.8 Å². The third-order valence-corrected chi connectivity index (χ3v) is 6.70. The highest BCUT2D eigenvalue weighted by atomic mass is 16.5. The fourth-order valence-electron chi connectivity index (χ4n) is 4.45. The third-order valence-electron chi connectivity index (χ3n) is 6.70. The molecule has 7 N–H and O–H groups in total. The fourth-order valence-corrected chi connectivity index (χ4v) is 4.45. The summed E-state index contributed by atoms with van der Waals surface area (Å²) in [6.45, 7) is 5.73. The molecule has 2 heterocycles. The molecule has 0 aliphatic rings. The number of nitrogens with two attached hydrogens (primary N) is 2. The molecule has 0 radical (unpaired) electrons. The number of hydrogen-bond donors (Lipinski definition) is 5. The van der Waals surface area contributed by atoms with Gasteiger partial charge in [-0.15, -0.1) is 0 Å². The fraction of sp³-hybridized carbons (Fsp3) is 0.367. The molecule has 0 saturated carbocycles. The molecule has 2 aromatic carbocycles. The topological polar surface area (TPSA) is 152 Å². The molecule has 4 aromatic rings. The van der Waals surface area contributed by atoms with Gasteiger partial charge in [-0.1, -0.05) is 24.3 Å². The van der Waals surface area contributed by atoms with E-state index in [0.29, 0.717) is 25.3 Å². The summed E-state index contributed by atoms with van der Waals surface area (Å²) in [6.07, 6.45) is 3.63. The summed E-state index contributed by atoms with van der Waals surface area (Å²) < 4.78 is 7.58. The minimum Gasteiger partial charge on any atom is -0.494 e. The Morgan fingerprint density at radius 1 is 1.10 bits per heavy atom. The molecule has 0 saturated heterocycles. The lowest BCUT2D eigenvalue weighted by molar-refractivity contribution is 0.263. The van der Waals surface area contributed by atoms with Gasteiger partial charge in [0.2, 0.25) is 0 Å². The number of hydrogen-bond acceptors (Lipinski definition) is 7. The highest BCUT2D eigenvalue weighted by Crippen LogP contribution is 2.26. The van der Waals surface area contributed by atoms with Gasteiger partial charge in [0.15, 0.2) is 5.96 Å². The Bertz CT molecular complexity index is 1470. The molecule has 0 atom stereocenters. The van der Waals surface area contributed by atoms with Crippen molar-refractivity contribution in [2.45, 2.75) is 19.4 Å². The molecule has 0 fully saturated rings. The number of guanidine groups is 1. The van der Waals surface area contributed by atoms with E-state index in [1.165, 1.54) is 0 Å². The van der Waals surface area contributed by atoms with Crippen LogP contribution in [0.1, 0.15) is 18.4 Å². The van der Waals surface area contributed by atoms with Crippen molar-refractivity contribution in [1.29, 1.82) is 0 Å². The Balaban J connectivity index is 1.37. The van der Waals surface area contributed by atoms with Crippen LogP contribution >= 0.6 is 0 Å². The summed E-state index contributed by atoms with van der Waals surface area (Å²) in [7, 11) is 4.08. The van der Waals surface area contributed by atoms with Crippen LogP contribution in [-0.2, 0) is 6.54 Å². The van der Waals surface area contributed by atoms with E-state index in [2.05, 4.69) is 37.5 Å². The second-order valence-corrected chi connectivity index (χ2v) is 10.0. The molecule has 0 aliphatic carbocycles. The highest BCUT2D eigenvalue weighted by molar-refractivity contribution is 5.82. The van der Waals surface area contributed by atoms with E-state index in [1.54, 1.807) is 4.57 Å². The third kappa shape index (κ3) is 8.90. The van der Waals surface area contributed by atoms with Gasteiger partial charge in [-0.25, -0.2) is 4.79 Å². The minimum absolute atomic E-state index is 0.115. The maximum atomic E-state index is 12.9. The van der Waals surface area contributed by atoms with Crippen LogP contribution in [0.2, 0.25) is 0 Å². The zero-order valence-corrected chi connectivity index (χ0v) is 23.9. The molecule has 0 unspecified atom stereocenters. The largest absolute Gasteiger partial charge is 0.494 e. The number of nitrogens with one attached hydrogen (secondary N) is 3. The van der Waals surface area contributed by atoms with E-state index < -0.39 is 0 Å². The molecule has 0 bridgehead atoms. The van der Waals surface area contributed by atoms with Crippen LogP contribution in [0.15, 0.2) is 70.6 Å². The summed E-state index contributed by atoms with van der Waals surface area (Å²) in [4.78, 5) is 26.7. The molecule has 0 aliphatic heterocycles. The van der Waals surface area contributed by atoms with Crippen molar-refractivity contribution in [2.24, 2.45) is 16.5 Å². The summed E-state index contributed by atoms with van der Waals surface area (Å²) in [6, 6.07) is 17.8. The van der Waals surface area contributed by atoms with Gasteiger partial charge in [0.1, 0.15) is 11.4 Å². The summed E-state index contributed by atoms with van der Waals surface area (Å²) in [5, 5.41) is 7.38. The molecule has 2 aromatic heterocycles. The van der Waals surface area contributed by atoms with Crippen LogP contribution in [0.3, 0.4) is 0 Å². The van der Waals surface area contributed by atoms with Gasteiger partial charge in [0, 0.05) is 55.6 Å². The summed E-state index contributed by atoms with van der Waals surface area (Å²) in [5.41, 5.74) is 14.6. The van der Waals surface area contributed by atoms with Crippen molar-refractivity contribution >= 4 is 17.0 Å². The number of fused-ring (bicyclic) bond motifs is 1. The number of nitrogens with zero attached hydrogens (tertiary/aromatic N) is 4. The standard InChI is InChI=1S/C30H41N9O2/c1-33-14-16-38(2)15-5-17-41-26-7-3-6-23(18-26)27-19-24-21-39(30(40)37-28(24)36-27)25-10-8-22(9-11-25)20-34-12-4-13-35-29(31)32/h3,6-11,18-19,21,33-34H,4-5,12-17,20H2,1-2H3,(H4,31,32,35)(H,36,37,40). The van der Waals surface area contributed by atoms with E-state index in [1.807, 2.05) is 67.8 Å². The van der Waals surface area contributed by atoms with Crippen LogP contribution in [0, 0.1) is 0 Å². The van der Waals surface area contributed by atoms with Gasteiger partial charge in [-0.2, -0.15) is 4.98 Å². The van der Waals surface area contributed by atoms with Crippen molar-refractivity contribution in [1.82, 2.24) is 30.1 Å². The van der Waals surface area contributed by atoms with Crippen LogP contribution in [0.4, 0.5) is 0 Å². The normalized spacial score (nSPS) is 11.3. The Kier molecular flexibility index (Phi) is 10.9. The molecule has 41 heavy (non-hydrogen) atoms. The number of benzene rings is 2. The first-order chi connectivity index (χ1) is 19.9. The van der Waals surface area contributed by atoms with Gasteiger partial charge >= 0.3 is 5.69 Å². The first-order valence-corrected chi connectivity index (χ1v) is 14.0. The monoisotopic (exact) mass is 559 g/mol. The number of ether oxygens (including phenoxy) is 1. The second kappa shape index (κ2) is 15.0. The lowest BCUT2D eigenvalue weighted by Crippen LogP contribution is -2.28. The quantitative estimate of drug-likeness (QED) is 0.0795. The van der Waals surface area contributed by atoms with Gasteiger partial charge < -0.3 is 36.7 Å². The zero-order valence-electron chi connectivity index (χ0n) is 23.9. The summed E-state index contributed by atoms with van der Waals surface area (Å²) in [5.74, 6) is 0.930. The average molecular weight is 560 g/mol. The Morgan fingerprint density at radius 3 is 2.71 bits per heavy atom. The number of aliphatic imine (C=N–C) groups is 1.